The number of nitrogens with zero attached hydrogens (tertiary/aromatic N) is 3. The lowest BCUT2D eigenvalue weighted by Gasteiger charge is -2.32. The van der Waals surface area contributed by atoms with E-state index in [1.54, 1.807) is 18.6 Å². The maximum absolute atomic E-state index is 8.97. The Hall–Kier alpha value is -1.20. The second-order valence-corrected chi connectivity index (χ2v) is 3.19. The van der Waals surface area contributed by atoms with Gasteiger partial charge in [-0.2, -0.15) is 0 Å². The van der Waals surface area contributed by atoms with Gasteiger partial charge in [0.2, 0.25) is 0 Å². The standard InChI is InChI=1S/C9H13N3O2/c13-7-8-6-12(3-4-14-8)9-5-10-1-2-11-9/h1-2,5,8,13H,3-4,6-7H2. The molecule has 0 radical (unpaired) electrons. The number of hydrogen-bond donors (Lipinski definition) is 1. The van der Waals surface area contributed by atoms with Gasteiger partial charge in [0.1, 0.15) is 5.82 Å². The molecule has 1 aromatic heterocycles. The summed E-state index contributed by atoms with van der Waals surface area (Å²) in [4.78, 5) is 10.3. The molecule has 0 spiro atoms. The summed E-state index contributed by atoms with van der Waals surface area (Å²) < 4.78 is 5.34. The predicted molar refractivity (Wildman–Crippen MR) is 51.1 cm³/mol. The van der Waals surface area contributed by atoms with Crippen LogP contribution in [-0.4, -0.2) is 47.5 Å². The highest BCUT2D eigenvalue weighted by Gasteiger charge is 2.20. The maximum Gasteiger partial charge on any atom is 0.147 e. The van der Waals surface area contributed by atoms with Gasteiger partial charge in [-0.1, -0.05) is 0 Å². The van der Waals surface area contributed by atoms with Crippen LogP contribution in [0.3, 0.4) is 0 Å². The minimum absolute atomic E-state index is 0.0523. The number of aliphatic hydroxyl groups is 1. The van der Waals surface area contributed by atoms with Crippen molar-refractivity contribution in [1.29, 1.82) is 0 Å². The van der Waals surface area contributed by atoms with Gasteiger partial charge in [-0.15, -0.1) is 0 Å². The summed E-state index contributed by atoms with van der Waals surface area (Å²) in [6, 6.07) is 0. The number of anilines is 1. The van der Waals surface area contributed by atoms with E-state index >= 15 is 0 Å². The molecular weight excluding hydrogens is 182 g/mol. The third-order valence-electron chi connectivity index (χ3n) is 2.22. The molecule has 1 N–H and O–H groups in total. The summed E-state index contributed by atoms with van der Waals surface area (Å²) in [7, 11) is 0. The predicted octanol–water partition coefficient (Wildman–Crippen LogP) is -0.326. The van der Waals surface area contributed by atoms with E-state index in [0.29, 0.717) is 13.2 Å². The molecule has 1 aliphatic rings. The molecule has 1 aromatic rings. The van der Waals surface area contributed by atoms with Gasteiger partial charge in [-0.05, 0) is 0 Å². The number of morpholine rings is 1. The van der Waals surface area contributed by atoms with Crippen LogP contribution >= 0.6 is 0 Å². The average molecular weight is 195 g/mol. The van der Waals surface area contributed by atoms with Crippen molar-refractivity contribution in [3.63, 3.8) is 0 Å². The van der Waals surface area contributed by atoms with Crippen LogP contribution in [-0.2, 0) is 4.74 Å². The highest BCUT2D eigenvalue weighted by Crippen LogP contribution is 2.12. The lowest BCUT2D eigenvalue weighted by Crippen LogP contribution is -2.44. The SMILES string of the molecule is OCC1CN(c2cnccn2)CCO1. The van der Waals surface area contributed by atoms with Crippen LogP contribution in [0.25, 0.3) is 0 Å². The first kappa shape index (κ1) is 9.36. The first-order chi connectivity index (χ1) is 6.90. The second kappa shape index (κ2) is 4.34. The average Bonchev–Trinajstić information content (AvgIpc) is 2.30. The van der Waals surface area contributed by atoms with Gasteiger partial charge in [0.25, 0.3) is 0 Å². The summed E-state index contributed by atoms with van der Waals surface area (Å²) in [5, 5.41) is 8.97. The molecule has 0 saturated carbocycles. The first-order valence-corrected chi connectivity index (χ1v) is 4.63. The molecule has 76 valence electrons. The molecule has 1 fully saturated rings. The number of ether oxygens (including phenoxy) is 1. The first-order valence-electron chi connectivity index (χ1n) is 4.63. The zero-order valence-corrected chi connectivity index (χ0v) is 7.83. The highest BCUT2D eigenvalue weighted by molar-refractivity contribution is 5.35. The van der Waals surface area contributed by atoms with Crippen molar-refractivity contribution in [1.82, 2.24) is 9.97 Å². The maximum atomic E-state index is 8.97. The summed E-state index contributed by atoms with van der Waals surface area (Å²) >= 11 is 0. The molecule has 5 heteroatoms. The minimum Gasteiger partial charge on any atom is -0.394 e. The largest absolute Gasteiger partial charge is 0.394 e. The number of hydrogen-bond acceptors (Lipinski definition) is 5. The molecule has 0 amide bonds. The second-order valence-electron chi connectivity index (χ2n) is 3.19. The third kappa shape index (κ3) is 2.00. The van der Waals surface area contributed by atoms with E-state index in [0.717, 1.165) is 12.4 Å². The van der Waals surface area contributed by atoms with Gasteiger partial charge in [0.15, 0.2) is 0 Å². The van der Waals surface area contributed by atoms with Crippen molar-refractivity contribution in [3.05, 3.63) is 18.6 Å². The van der Waals surface area contributed by atoms with Crippen molar-refractivity contribution < 1.29 is 9.84 Å². The molecule has 2 heterocycles. The van der Waals surface area contributed by atoms with Gasteiger partial charge in [-0.25, -0.2) is 4.98 Å². The Morgan fingerprint density at radius 1 is 1.57 bits per heavy atom. The van der Waals surface area contributed by atoms with E-state index in [4.69, 9.17) is 9.84 Å². The number of rotatable bonds is 2. The molecule has 1 unspecified atom stereocenters. The Morgan fingerprint density at radius 3 is 3.21 bits per heavy atom. The monoisotopic (exact) mass is 195 g/mol. The molecule has 0 bridgehead atoms. The summed E-state index contributed by atoms with van der Waals surface area (Å²) in [6.45, 7) is 2.16. The van der Waals surface area contributed by atoms with E-state index in [9.17, 15) is 0 Å². The minimum atomic E-state index is -0.106. The van der Waals surface area contributed by atoms with Crippen LogP contribution in [0, 0.1) is 0 Å². The van der Waals surface area contributed by atoms with Crippen molar-refractivity contribution in [3.8, 4) is 0 Å². The van der Waals surface area contributed by atoms with Crippen molar-refractivity contribution >= 4 is 5.82 Å². The van der Waals surface area contributed by atoms with Crippen LogP contribution in [0.15, 0.2) is 18.6 Å². The fraction of sp³-hybridized carbons (Fsp3) is 0.556. The Bertz CT molecular complexity index is 281. The van der Waals surface area contributed by atoms with Crippen molar-refractivity contribution in [2.45, 2.75) is 6.10 Å². The Morgan fingerprint density at radius 2 is 2.50 bits per heavy atom. The lowest BCUT2D eigenvalue weighted by atomic mass is 10.3. The van der Waals surface area contributed by atoms with E-state index in [1.165, 1.54) is 0 Å². The third-order valence-corrected chi connectivity index (χ3v) is 2.22. The van der Waals surface area contributed by atoms with E-state index in [-0.39, 0.29) is 12.7 Å². The molecular formula is C9H13N3O2. The molecule has 2 rings (SSSR count). The van der Waals surface area contributed by atoms with Crippen molar-refractivity contribution in [2.75, 3.05) is 31.2 Å². The summed E-state index contributed by atoms with van der Waals surface area (Å²) in [5.74, 6) is 0.842. The lowest BCUT2D eigenvalue weighted by molar-refractivity contribution is 0.00334. The van der Waals surface area contributed by atoms with Crippen LogP contribution in [0.4, 0.5) is 5.82 Å². The fourth-order valence-corrected chi connectivity index (χ4v) is 1.49. The van der Waals surface area contributed by atoms with Gasteiger partial charge in [0.05, 0.1) is 25.5 Å². The van der Waals surface area contributed by atoms with Crippen LogP contribution < -0.4 is 4.90 Å². The molecule has 1 saturated heterocycles. The van der Waals surface area contributed by atoms with Gasteiger partial charge in [-0.3, -0.25) is 4.98 Å². The quantitative estimate of drug-likeness (QED) is 0.700. The fourth-order valence-electron chi connectivity index (χ4n) is 1.49. The van der Waals surface area contributed by atoms with Crippen LogP contribution in [0.1, 0.15) is 0 Å². The van der Waals surface area contributed by atoms with E-state index in [2.05, 4.69) is 14.9 Å². The zero-order valence-electron chi connectivity index (χ0n) is 7.83. The topological polar surface area (TPSA) is 58.5 Å². The van der Waals surface area contributed by atoms with Gasteiger partial charge < -0.3 is 14.7 Å². The summed E-state index contributed by atoms with van der Waals surface area (Å²) in [5.41, 5.74) is 0. The molecule has 1 aliphatic heterocycles. The van der Waals surface area contributed by atoms with E-state index < -0.39 is 0 Å². The molecule has 0 aliphatic carbocycles. The summed E-state index contributed by atoms with van der Waals surface area (Å²) in [6.07, 6.45) is 4.93. The van der Waals surface area contributed by atoms with Gasteiger partial charge >= 0.3 is 0 Å². The van der Waals surface area contributed by atoms with Crippen LogP contribution in [0.5, 0.6) is 0 Å². The Labute approximate surface area is 82.4 Å². The Balaban J connectivity index is 2.04. The zero-order chi connectivity index (χ0) is 9.80. The molecule has 1 atom stereocenters. The molecule has 14 heavy (non-hydrogen) atoms. The smallest absolute Gasteiger partial charge is 0.147 e. The van der Waals surface area contributed by atoms with Crippen LogP contribution in [0.2, 0.25) is 0 Å². The number of aliphatic hydroxyl groups excluding tert-OH is 1. The van der Waals surface area contributed by atoms with Gasteiger partial charge in [0, 0.05) is 25.5 Å². The molecule has 5 nitrogen and oxygen atoms in total. The van der Waals surface area contributed by atoms with E-state index in [1.807, 2.05) is 0 Å². The highest BCUT2D eigenvalue weighted by atomic mass is 16.5. The number of aromatic nitrogens is 2. The Kier molecular flexibility index (Phi) is 2.90. The van der Waals surface area contributed by atoms with Crippen molar-refractivity contribution in [2.24, 2.45) is 0 Å². The normalized spacial score (nSPS) is 22.4. The molecule has 0 aromatic carbocycles.